The molecule has 0 atom stereocenters. The van der Waals surface area contributed by atoms with Gasteiger partial charge in [-0.15, -0.1) is 13.2 Å². The molecular weight excluding hydrogens is 745 g/mol. The van der Waals surface area contributed by atoms with Crippen LogP contribution in [0.2, 0.25) is 0 Å². The van der Waals surface area contributed by atoms with E-state index < -0.39 is 16.6 Å². The quantitative estimate of drug-likeness (QED) is 0.139. The first kappa shape index (κ1) is 34.7. The van der Waals surface area contributed by atoms with Gasteiger partial charge in [0.1, 0.15) is 0 Å². The third kappa shape index (κ3) is 4.87. The monoisotopic (exact) mass is 786 g/mol. The van der Waals surface area contributed by atoms with Gasteiger partial charge in [0, 0.05) is 0 Å². The minimum Gasteiger partial charge on any atom is -0.436 e. The zero-order valence-corrected chi connectivity index (χ0v) is 35.0. The van der Waals surface area contributed by atoms with Crippen LogP contribution < -0.4 is 20.7 Å². The van der Waals surface area contributed by atoms with E-state index >= 15 is 0 Å². The summed E-state index contributed by atoms with van der Waals surface area (Å²) in [6, 6.07) is 63.7. The molecule has 0 bridgehead atoms. The first-order valence-corrected chi connectivity index (χ1v) is 24.9. The van der Waals surface area contributed by atoms with E-state index in [1.54, 1.807) is 0 Å². The molecule has 0 fully saturated rings. The molecule has 4 aliphatic carbocycles. The van der Waals surface area contributed by atoms with E-state index in [9.17, 15) is 0 Å². The molecule has 0 heterocycles. The predicted molar refractivity (Wildman–Crippen MR) is 250 cm³/mol. The average Bonchev–Trinajstić information content (AvgIpc) is 4.07. The summed E-state index contributed by atoms with van der Waals surface area (Å²) in [5.74, 6) is 0. The highest BCUT2D eigenvalue weighted by molar-refractivity contribution is 7.13. The fourth-order valence-electron chi connectivity index (χ4n) is 11.3. The van der Waals surface area contributed by atoms with Gasteiger partial charge in [-0.25, -0.2) is 0 Å². The van der Waals surface area contributed by atoms with Crippen molar-refractivity contribution in [1.82, 2.24) is 0 Å². The second-order valence-electron chi connectivity index (χ2n) is 16.6. The summed E-state index contributed by atoms with van der Waals surface area (Å²) in [6.45, 7) is 9.75. The van der Waals surface area contributed by atoms with Gasteiger partial charge in [0.25, 0.3) is 16.6 Å². The molecule has 0 saturated carbocycles. The van der Waals surface area contributed by atoms with Crippen LogP contribution in [-0.2, 0) is 29.8 Å². The lowest BCUT2D eigenvalue weighted by atomic mass is 10.1. The van der Waals surface area contributed by atoms with Crippen LogP contribution in [0.25, 0.3) is 44.5 Å². The lowest BCUT2D eigenvalue weighted by molar-refractivity contribution is 0.597. The summed E-state index contributed by atoms with van der Waals surface area (Å²) in [5, 5.41) is 5.21. The lowest BCUT2D eigenvalue weighted by Crippen LogP contribution is -2.73. The summed E-state index contributed by atoms with van der Waals surface area (Å²) in [5.41, 5.74) is 26.1. The van der Waals surface area contributed by atoms with Gasteiger partial charge in [-0.3, -0.25) is 0 Å². The third-order valence-corrected chi connectivity index (χ3v) is 22.7. The number of hydrogen-bond acceptors (Lipinski definition) is 1. The Hall–Kier alpha value is -6.37. The average molecular weight is 787 g/mol. The van der Waals surface area contributed by atoms with E-state index in [0.29, 0.717) is 0 Å². The maximum absolute atomic E-state index is 8.81. The van der Waals surface area contributed by atoms with Gasteiger partial charge in [0.15, 0.2) is 0 Å². The molecule has 0 aliphatic heterocycles. The van der Waals surface area contributed by atoms with Crippen LogP contribution in [0.15, 0.2) is 194 Å². The second kappa shape index (κ2) is 13.1. The molecule has 1 nitrogen and oxygen atoms in total. The molecule has 8 aromatic rings. The van der Waals surface area contributed by atoms with Crippen LogP contribution in [0.5, 0.6) is 0 Å². The molecule has 0 spiro atoms. The van der Waals surface area contributed by atoms with E-state index in [1.165, 1.54) is 110 Å². The first-order valence-electron chi connectivity index (χ1n) is 20.9. The van der Waals surface area contributed by atoms with Crippen molar-refractivity contribution in [3.05, 3.63) is 239 Å². The smallest absolute Gasteiger partial charge is 0.271 e. The lowest BCUT2D eigenvalue weighted by Gasteiger charge is -2.43. The Kier molecular flexibility index (Phi) is 7.68. The topological polar surface area (TPSA) is 9.23 Å². The molecule has 3 heteroatoms. The van der Waals surface area contributed by atoms with Crippen molar-refractivity contribution < 1.29 is 4.12 Å². The van der Waals surface area contributed by atoms with Crippen LogP contribution in [0.3, 0.4) is 0 Å². The summed E-state index contributed by atoms with van der Waals surface area (Å²) in [7, 11) is -6.81. The normalized spacial score (nSPS) is 13.7. The van der Waals surface area contributed by atoms with Crippen molar-refractivity contribution in [3.8, 4) is 44.5 Å². The zero-order valence-electron chi connectivity index (χ0n) is 33.0. The largest absolute Gasteiger partial charge is 0.436 e. The Balaban J connectivity index is 1.17. The van der Waals surface area contributed by atoms with E-state index in [-0.39, 0.29) is 0 Å². The van der Waals surface area contributed by atoms with E-state index in [0.717, 1.165) is 25.7 Å². The first-order chi connectivity index (χ1) is 29.1. The summed E-state index contributed by atoms with van der Waals surface area (Å²) in [4.78, 5) is 0. The molecule has 280 valence electrons. The molecule has 4 aliphatic rings. The van der Waals surface area contributed by atoms with Gasteiger partial charge in [0.05, 0.1) is 0 Å². The number of rotatable bonds is 8. The molecular formula is C56H42OSi2. The fraction of sp³-hybridized carbons (Fsp3) is 0.0714. The highest BCUT2D eigenvalue weighted by Crippen LogP contribution is 2.43. The number of fused-ring (bicyclic) bond motifs is 12. The van der Waals surface area contributed by atoms with Crippen molar-refractivity contribution in [2.75, 3.05) is 0 Å². The van der Waals surface area contributed by atoms with Crippen LogP contribution >= 0.6 is 0 Å². The summed E-state index contributed by atoms with van der Waals surface area (Å²) < 4.78 is 8.81. The second-order valence-corrected chi connectivity index (χ2v) is 23.4. The third-order valence-electron chi connectivity index (χ3n) is 13.9. The molecule has 0 saturated heterocycles. The van der Waals surface area contributed by atoms with Gasteiger partial charge in [-0.05, 0) is 135 Å². The number of benzene rings is 8. The van der Waals surface area contributed by atoms with Crippen molar-refractivity contribution in [1.29, 1.82) is 0 Å². The zero-order chi connectivity index (χ0) is 39.3. The Labute approximate surface area is 348 Å². The van der Waals surface area contributed by atoms with Crippen LogP contribution in [0, 0.1) is 0 Å². The van der Waals surface area contributed by atoms with Crippen molar-refractivity contribution in [2.45, 2.75) is 25.7 Å². The van der Waals surface area contributed by atoms with E-state index in [2.05, 4.69) is 181 Å². The molecule has 0 N–H and O–H groups in total. The predicted octanol–water partition coefficient (Wildman–Crippen LogP) is 10.3. The van der Waals surface area contributed by atoms with Crippen LogP contribution in [0.1, 0.15) is 44.5 Å². The summed E-state index contributed by atoms with van der Waals surface area (Å²) in [6.07, 6.45) is 3.49. The van der Waals surface area contributed by atoms with Gasteiger partial charge in [0.2, 0.25) is 0 Å². The summed E-state index contributed by atoms with van der Waals surface area (Å²) >= 11 is 0. The maximum atomic E-state index is 8.81. The minimum atomic E-state index is -3.41. The van der Waals surface area contributed by atoms with Gasteiger partial charge < -0.3 is 4.12 Å². The Morgan fingerprint density at radius 3 is 0.797 bits per heavy atom. The molecule has 0 radical (unpaired) electrons. The highest BCUT2D eigenvalue weighted by Gasteiger charge is 2.53. The molecule has 59 heavy (non-hydrogen) atoms. The van der Waals surface area contributed by atoms with Crippen LogP contribution in [-0.4, -0.2) is 16.6 Å². The maximum Gasteiger partial charge on any atom is 0.271 e. The Morgan fingerprint density at radius 1 is 0.305 bits per heavy atom. The molecule has 0 amide bonds. The van der Waals surface area contributed by atoms with Crippen molar-refractivity contribution in [3.63, 3.8) is 0 Å². The van der Waals surface area contributed by atoms with E-state index in [4.69, 9.17) is 17.3 Å². The van der Waals surface area contributed by atoms with Gasteiger partial charge >= 0.3 is 0 Å². The molecule has 12 rings (SSSR count). The van der Waals surface area contributed by atoms with E-state index in [1.807, 2.05) is 0 Å². The standard InChI is InChI=1S/C56H42OSi2/c1-3-58(53-29-13-25-45-41-21-9-5-17-37(41)33-49(45)53,54-30-14-26-46-42-22-10-6-18-38(42)34-50(46)54)57-59(4-2,55-31-15-27-47-43-23-11-7-19-39(43)35-51(47)55)56-32-16-28-48-44-24-12-8-20-40(44)36-52(48)56/h3-32H,1-2,33-36H2. The molecule has 0 aromatic heterocycles. The molecule has 8 aromatic carbocycles. The number of hydrogen-bond donors (Lipinski definition) is 0. The highest BCUT2D eigenvalue weighted by atomic mass is 28.4. The van der Waals surface area contributed by atoms with Gasteiger partial charge in [-0.1, -0.05) is 181 Å². The fourth-order valence-corrected chi connectivity index (χ4v) is 21.3. The van der Waals surface area contributed by atoms with Crippen molar-refractivity contribution >= 4 is 37.4 Å². The van der Waals surface area contributed by atoms with Gasteiger partial charge in [-0.2, -0.15) is 0 Å². The molecule has 0 unspecified atom stereocenters. The van der Waals surface area contributed by atoms with Crippen LogP contribution in [0.4, 0.5) is 0 Å². The van der Waals surface area contributed by atoms with Crippen molar-refractivity contribution in [2.24, 2.45) is 0 Å². The Morgan fingerprint density at radius 2 is 0.542 bits per heavy atom. The minimum absolute atomic E-state index is 0.873. The Bertz CT molecular complexity index is 2700. The SMILES string of the molecule is C=C[Si](O[Si](C=C)(c1cccc2c1Cc1ccccc1-2)c1cccc2c1Cc1ccccc1-2)(c1cccc2c1Cc1ccccc1-2)c1cccc2c1Cc1ccccc1-2.